The number of hydrazone groups is 1. The van der Waals surface area contributed by atoms with E-state index in [9.17, 15) is 4.79 Å². The SMILES string of the molecule is CCOc1ccc(C2OC(c3cc(-c4ccccc4)nc4ccccc34)=NN2C(C)=O)cc1OC. The zero-order valence-electron chi connectivity index (χ0n) is 19.8. The quantitative estimate of drug-likeness (QED) is 0.372. The Kier molecular flexibility index (Phi) is 6.06. The van der Waals surface area contributed by atoms with Crippen LogP contribution in [-0.2, 0) is 9.53 Å². The number of carbonyl (C=O) groups excluding carboxylic acids is 1. The lowest BCUT2D eigenvalue weighted by molar-refractivity contribution is -0.135. The summed E-state index contributed by atoms with van der Waals surface area (Å²) in [4.78, 5) is 17.4. The highest BCUT2D eigenvalue weighted by Crippen LogP contribution is 2.37. The summed E-state index contributed by atoms with van der Waals surface area (Å²) in [5.41, 5.74) is 4.08. The van der Waals surface area contributed by atoms with Crippen molar-refractivity contribution in [2.75, 3.05) is 13.7 Å². The molecule has 0 aliphatic carbocycles. The highest BCUT2D eigenvalue weighted by Gasteiger charge is 2.34. The Hall–Kier alpha value is -4.39. The molecule has 1 aliphatic heterocycles. The van der Waals surface area contributed by atoms with Gasteiger partial charge in [0.05, 0.1) is 24.9 Å². The molecule has 4 aromatic rings. The van der Waals surface area contributed by atoms with Gasteiger partial charge in [0.2, 0.25) is 18.0 Å². The molecule has 2 heterocycles. The number of amides is 1. The van der Waals surface area contributed by atoms with E-state index in [1.54, 1.807) is 7.11 Å². The summed E-state index contributed by atoms with van der Waals surface area (Å²) in [6.45, 7) is 3.89. The van der Waals surface area contributed by atoms with Gasteiger partial charge in [-0.05, 0) is 37.3 Å². The van der Waals surface area contributed by atoms with Gasteiger partial charge < -0.3 is 14.2 Å². The molecule has 3 aromatic carbocycles. The fourth-order valence-corrected chi connectivity index (χ4v) is 4.11. The second-order valence-corrected chi connectivity index (χ2v) is 8.02. The van der Waals surface area contributed by atoms with Crippen LogP contribution in [0.4, 0.5) is 0 Å². The summed E-state index contributed by atoms with van der Waals surface area (Å²) in [7, 11) is 1.58. The largest absolute Gasteiger partial charge is 0.493 e. The highest BCUT2D eigenvalue weighted by molar-refractivity contribution is 6.08. The molecule has 7 heteroatoms. The Morgan fingerprint density at radius 2 is 1.77 bits per heavy atom. The van der Waals surface area contributed by atoms with Gasteiger partial charge in [-0.3, -0.25) is 4.79 Å². The number of hydrogen-bond acceptors (Lipinski definition) is 6. The van der Waals surface area contributed by atoms with Gasteiger partial charge in [0.1, 0.15) is 0 Å². The fourth-order valence-electron chi connectivity index (χ4n) is 4.11. The molecular weight excluding hydrogens is 442 g/mol. The molecule has 0 bridgehead atoms. The normalized spacial score (nSPS) is 15.0. The van der Waals surface area contributed by atoms with E-state index in [4.69, 9.17) is 19.2 Å². The van der Waals surface area contributed by atoms with E-state index in [0.29, 0.717) is 24.0 Å². The first-order valence-corrected chi connectivity index (χ1v) is 11.4. The number of rotatable bonds is 6. The molecule has 1 aliphatic rings. The van der Waals surface area contributed by atoms with E-state index >= 15 is 0 Å². The molecule has 1 atom stereocenters. The number of ether oxygens (including phenoxy) is 3. The first kappa shape index (κ1) is 22.4. The fraction of sp³-hybridized carbons (Fsp3) is 0.179. The van der Waals surface area contributed by atoms with Crippen molar-refractivity contribution < 1.29 is 19.0 Å². The third kappa shape index (κ3) is 4.28. The number of fused-ring (bicyclic) bond motifs is 1. The van der Waals surface area contributed by atoms with Gasteiger partial charge in [0.25, 0.3) is 0 Å². The number of nitrogens with zero attached hydrogens (tertiary/aromatic N) is 3. The molecule has 0 saturated heterocycles. The van der Waals surface area contributed by atoms with Crippen LogP contribution in [0.3, 0.4) is 0 Å². The molecule has 0 saturated carbocycles. The van der Waals surface area contributed by atoms with Crippen molar-refractivity contribution >= 4 is 22.7 Å². The zero-order valence-corrected chi connectivity index (χ0v) is 19.8. The van der Waals surface area contributed by atoms with Crippen LogP contribution in [0.25, 0.3) is 22.2 Å². The predicted octanol–water partition coefficient (Wildman–Crippen LogP) is 5.55. The van der Waals surface area contributed by atoms with Gasteiger partial charge in [-0.2, -0.15) is 5.01 Å². The molecular formula is C28H25N3O4. The number of methoxy groups -OCH3 is 1. The van der Waals surface area contributed by atoms with E-state index in [0.717, 1.165) is 33.3 Å². The second kappa shape index (κ2) is 9.46. The van der Waals surface area contributed by atoms with E-state index in [2.05, 4.69) is 5.10 Å². The lowest BCUT2D eigenvalue weighted by Gasteiger charge is -2.20. The van der Waals surface area contributed by atoms with Gasteiger partial charge in [-0.15, -0.1) is 5.10 Å². The maximum absolute atomic E-state index is 12.6. The third-order valence-corrected chi connectivity index (χ3v) is 5.76. The lowest BCUT2D eigenvalue weighted by atomic mass is 10.0. The van der Waals surface area contributed by atoms with Gasteiger partial charge in [0.15, 0.2) is 11.5 Å². The van der Waals surface area contributed by atoms with Crippen LogP contribution in [0.2, 0.25) is 0 Å². The average Bonchev–Trinajstić information content (AvgIpc) is 3.35. The predicted molar refractivity (Wildman–Crippen MR) is 134 cm³/mol. The zero-order chi connectivity index (χ0) is 24.4. The maximum atomic E-state index is 12.6. The minimum Gasteiger partial charge on any atom is -0.493 e. The summed E-state index contributed by atoms with van der Waals surface area (Å²) in [5.74, 6) is 1.30. The highest BCUT2D eigenvalue weighted by atomic mass is 16.5. The van der Waals surface area contributed by atoms with Gasteiger partial charge >= 0.3 is 0 Å². The second-order valence-electron chi connectivity index (χ2n) is 8.02. The van der Waals surface area contributed by atoms with E-state index in [-0.39, 0.29) is 5.91 Å². The summed E-state index contributed by atoms with van der Waals surface area (Å²) in [6, 6.07) is 25.2. The molecule has 1 amide bonds. The molecule has 35 heavy (non-hydrogen) atoms. The Morgan fingerprint density at radius 3 is 2.51 bits per heavy atom. The summed E-state index contributed by atoms with van der Waals surface area (Å²) < 4.78 is 17.5. The van der Waals surface area contributed by atoms with Gasteiger partial charge in [-0.1, -0.05) is 48.5 Å². The van der Waals surface area contributed by atoms with Crippen molar-refractivity contribution in [2.24, 2.45) is 5.10 Å². The van der Waals surface area contributed by atoms with Crippen molar-refractivity contribution in [3.05, 3.63) is 90.0 Å². The smallest absolute Gasteiger partial charge is 0.243 e. The number of para-hydroxylation sites is 1. The molecule has 0 spiro atoms. The van der Waals surface area contributed by atoms with Crippen LogP contribution in [0.5, 0.6) is 11.5 Å². The van der Waals surface area contributed by atoms with Crippen molar-refractivity contribution in [2.45, 2.75) is 20.1 Å². The summed E-state index contributed by atoms with van der Waals surface area (Å²) >= 11 is 0. The van der Waals surface area contributed by atoms with Crippen LogP contribution in [0.15, 0.2) is 84.0 Å². The number of benzene rings is 3. The Labute approximate surface area is 203 Å². The average molecular weight is 468 g/mol. The van der Waals surface area contributed by atoms with E-state index in [1.807, 2.05) is 85.8 Å². The number of hydrogen-bond donors (Lipinski definition) is 0. The molecule has 1 unspecified atom stereocenters. The lowest BCUT2D eigenvalue weighted by Crippen LogP contribution is -2.25. The number of aromatic nitrogens is 1. The monoisotopic (exact) mass is 467 g/mol. The number of pyridine rings is 1. The molecule has 0 fully saturated rings. The molecule has 0 radical (unpaired) electrons. The minimum absolute atomic E-state index is 0.237. The van der Waals surface area contributed by atoms with Crippen molar-refractivity contribution in [1.82, 2.24) is 9.99 Å². The summed E-state index contributed by atoms with van der Waals surface area (Å²) in [6.07, 6.45) is -0.737. The van der Waals surface area contributed by atoms with Crippen molar-refractivity contribution in [1.29, 1.82) is 0 Å². The Morgan fingerprint density at radius 1 is 1.00 bits per heavy atom. The Bertz CT molecular complexity index is 1420. The van der Waals surface area contributed by atoms with Crippen LogP contribution < -0.4 is 9.47 Å². The minimum atomic E-state index is -0.737. The van der Waals surface area contributed by atoms with Crippen LogP contribution >= 0.6 is 0 Å². The summed E-state index contributed by atoms with van der Waals surface area (Å²) in [5, 5.41) is 6.83. The van der Waals surface area contributed by atoms with E-state index in [1.165, 1.54) is 11.9 Å². The Balaban J connectivity index is 1.59. The van der Waals surface area contributed by atoms with Crippen LogP contribution in [-0.4, -0.2) is 35.5 Å². The topological polar surface area (TPSA) is 73.3 Å². The third-order valence-electron chi connectivity index (χ3n) is 5.76. The van der Waals surface area contributed by atoms with E-state index < -0.39 is 6.23 Å². The first-order valence-electron chi connectivity index (χ1n) is 11.4. The maximum Gasteiger partial charge on any atom is 0.243 e. The van der Waals surface area contributed by atoms with Crippen LogP contribution in [0.1, 0.15) is 31.2 Å². The van der Waals surface area contributed by atoms with Crippen molar-refractivity contribution in [3.63, 3.8) is 0 Å². The molecule has 5 rings (SSSR count). The standard InChI is InChI=1S/C28H25N3O4/c1-4-34-25-15-14-20(16-26(25)33-3)28-31(18(2)32)30-27(35-28)22-17-24(19-10-6-5-7-11-19)29-23-13-9-8-12-21(22)23/h5-17,28H,4H2,1-3H3. The van der Waals surface area contributed by atoms with Crippen LogP contribution in [0, 0.1) is 0 Å². The van der Waals surface area contributed by atoms with Gasteiger partial charge in [-0.25, -0.2) is 4.98 Å². The molecule has 1 aromatic heterocycles. The number of carbonyl (C=O) groups is 1. The molecule has 176 valence electrons. The first-order chi connectivity index (χ1) is 17.1. The molecule has 7 nitrogen and oxygen atoms in total. The van der Waals surface area contributed by atoms with Gasteiger partial charge in [0, 0.05) is 29.0 Å². The molecule has 0 N–H and O–H groups in total. The van der Waals surface area contributed by atoms with Crippen molar-refractivity contribution in [3.8, 4) is 22.8 Å².